The van der Waals surface area contributed by atoms with E-state index in [-0.39, 0.29) is 17.0 Å². The van der Waals surface area contributed by atoms with Gasteiger partial charge in [-0.05, 0) is 37.1 Å². The van der Waals surface area contributed by atoms with E-state index in [1.807, 2.05) is 6.26 Å². The van der Waals surface area contributed by atoms with Gasteiger partial charge in [0.2, 0.25) is 0 Å². The van der Waals surface area contributed by atoms with E-state index in [1.165, 1.54) is 23.9 Å². The molecule has 1 atom stereocenters. The number of amides is 1. The van der Waals surface area contributed by atoms with Crippen molar-refractivity contribution in [1.29, 1.82) is 0 Å². The molecule has 2 heterocycles. The molecule has 1 aromatic heterocycles. The van der Waals surface area contributed by atoms with Gasteiger partial charge in [0.1, 0.15) is 16.6 Å². The van der Waals surface area contributed by atoms with Crippen LogP contribution in [0.1, 0.15) is 23.0 Å². The lowest BCUT2D eigenvalue weighted by Crippen LogP contribution is -2.39. The van der Waals surface area contributed by atoms with Gasteiger partial charge in [-0.25, -0.2) is 4.39 Å². The largest absolute Gasteiger partial charge is 0.488 e. The van der Waals surface area contributed by atoms with Gasteiger partial charge >= 0.3 is 0 Å². The van der Waals surface area contributed by atoms with Crippen molar-refractivity contribution in [3.05, 3.63) is 52.5 Å². The van der Waals surface area contributed by atoms with E-state index in [1.54, 1.807) is 16.8 Å². The smallest absolute Gasteiger partial charge is 0.269 e. The lowest BCUT2D eigenvalue weighted by molar-refractivity contribution is 0.0899. The number of rotatable bonds is 6. The lowest BCUT2D eigenvalue weighted by atomic mass is 10.1. The first-order valence-corrected chi connectivity index (χ1v) is 9.28. The molecule has 132 valence electrons. The van der Waals surface area contributed by atoms with Crippen molar-refractivity contribution < 1.29 is 13.9 Å². The molecular formula is C17H17ClFN3O2S. The Hall–Kier alpha value is -1.99. The van der Waals surface area contributed by atoms with Crippen LogP contribution < -0.4 is 5.32 Å². The Morgan fingerprint density at radius 3 is 3.08 bits per heavy atom. The van der Waals surface area contributed by atoms with Crippen molar-refractivity contribution in [2.75, 3.05) is 19.4 Å². The standard InChI is InChI=1S/C17H17ClFN3O2S/c1-10(25-2)24-6-5-12-9-20-17(23)16-8-15(21-22(12)16)11-3-4-14(19)13(18)7-11/h3-4,7-8,12H,1,5-6,9H2,2H3,(H,20,23). The summed E-state index contributed by atoms with van der Waals surface area (Å²) in [6, 6.07) is 6.05. The van der Waals surface area contributed by atoms with Crippen molar-refractivity contribution in [2.45, 2.75) is 12.5 Å². The predicted molar refractivity (Wildman–Crippen MR) is 97.2 cm³/mol. The maximum absolute atomic E-state index is 13.4. The molecular weight excluding hydrogens is 365 g/mol. The molecule has 1 unspecified atom stereocenters. The number of halogens is 2. The molecule has 0 saturated heterocycles. The normalized spacial score (nSPS) is 16.3. The highest BCUT2D eigenvalue weighted by Gasteiger charge is 2.27. The van der Waals surface area contributed by atoms with E-state index in [2.05, 4.69) is 17.0 Å². The Morgan fingerprint density at radius 2 is 2.36 bits per heavy atom. The van der Waals surface area contributed by atoms with Gasteiger partial charge in [0.25, 0.3) is 5.91 Å². The van der Waals surface area contributed by atoms with Gasteiger partial charge < -0.3 is 10.1 Å². The molecule has 1 N–H and O–H groups in total. The summed E-state index contributed by atoms with van der Waals surface area (Å²) in [6.45, 7) is 4.74. The number of nitrogens with zero attached hydrogens (tertiary/aromatic N) is 2. The molecule has 8 heteroatoms. The maximum Gasteiger partial charge on any atom is 0.269 e. The van der Waals surface area contributed by atoms with E-state index in [0.29, 0.717) is 41.6 Å². The molecule has 0 aliphatic carbocycles. The fourth-order valence-corrected chi connectivity index (χ4v) is 3.00. The van der Waals surface area contributed by atoms with Gasteiger partial charge in [-0.15, -0.1) is 0 Å². The monoisotopic (exact) mass is 381 g/mol. The Morgan fingerprint density at radius 1 is 1.56 bits per heavy atom. The SMILES string of the molecule is C=C(OCCC1CNC(=O)c2cc(-c3ccc(F)c(Cl)c3)nn21)SC. The Bertz CT molecular complexity index is 824. The average Bonchev–Trinajstić information content (AvgIpc) is 3.05. The number of hydrogen-bond acceptors (Lipinski definition) is 4. The molecule has 0 saturated carbocycles. The van der Waals surface area contributed by atoms with E-state index < -0.39 is 5.82 Å². The summed E-state index contributed by atoms with van der Waals surface area (Å²) >= 11 is 7.29. The number of fused-ring (bicyclic) bond motifs is 1. The molecule has 1 aromatic carbocycles. The van der Waals surface area contributed by atoms with Crippen molar-refractivity contribution in [3.8, 4) is 11.3 Å². The summed E-state index contributed by atoms with van der Waals surface area (Å²) in [5.74, 6) is -0.672. The first-order chi connectivity index (χ1) is 12.0. The number of thioether (sulfide) groups is 1. The number of aromatic nitrogens is 2. The summed E-state index contributed by atoms with van der Waals surface area (Å²) in [4.78, 5) is 12.1. The fourth-order valence-electron chi connectivity index (χ4n) is 2.62. The van der Waals surface area contributed by atoms with Crippen molar-refractivity contribution in [3.63, 3.8) is 0 Å². The predicted octanol–water partition coefficient (Wildman–Crippen LogP) is 3.87. The van der Waals surface area contributed by atoms with Crippen molar-refractivity contribution >= 4 is 29.3 Å². The third-order valence-corrected chi connectivity index (χ3v) is 4.83. The number of hydrogen-bond donors (Lipinski definition) is 1. The number of ether oxygens (including phenoxy) is 1. The molecule has 1 amide bonds. The molecule has 1 aliphatic heterocycles. The minimum Gasteiger partial charge on any atom is -0.488 e. The summed E-state index contributed by atoms with van der Waals surface area (Å²) in [6.07, 6.45) is 2.58. The van der Waals surface area contributed by atoms with Crippen LogP contribution in [0.2, 0.25) is 5.02 Å². The van der Waals surface area contributed by atoms with Gasteiger partial charge in [0.05, 0.1) is 23.4 Å². The van der Waals surface area contributed by atoms with E-state index >= 15 is 0 Å². The van der Waals surface area contributed by atoms with Crippen molar-refractivity contribution in [2.24, 2.45) is 0 Å². The molecule has 0 radical (unpaired) electrons. The van der Waals surface area contributed by atoms with E-state index in [9.17, 15) is 9.18 Å². The second-order valence-corrected chi connectivity index (χ2v) is 6.84. The zero-order valence-corrected chi connectivity index (χ0v) is 15.2. The summed E-state index contributed by atoms with van der Waals surface area (Å²) in [7, 11) is 0. The fraction of sp³-hybridized carbons (Fsp3) is 0.294. The highest BCUT2D eigenvalue weighted by molar-refractivity contribution is 8.02. The van der Waals surface area contributed by atoms with Crippen LogP contribution in [0.3, 0.4) is 0 Å². The zero-order valence-electron chi connectivity index (χ0n) is 13.6. The van der Waals surface area contributed by atoms with Gasteiger partial charge in [0, 0.05) is 18.5 Å². The molecule has 0 bridgehead atoms. The minimum atomic E-state index is -0.490. The highest BCUT2D eigenvalue weighted by Crippen LogP contribution is 2.28. The van der Waals surface area contributed by atoms with Crippen LogP contribution in [-0.4, -0.2) is 35.1 Å². The molecule has 0 spiro atoms. The van der Waals surface area contributed by atoms with Crippen LogP contribution >= 0.6 is 23.4 Å². The molecule has 5 nitrogen and oxygen atoms in total. The number of carbonyl (C=O) groups is 1. The number of benzene rings is 1. The second kappa shape index (κ2) is 7.49. The Balaban J connectivity index is 1.83. The molecule has 2 aromatic rings. The van der Waals surface area contributed by atoms with Crippen LogP contribution in [-0.2, 0) is 4.74 Å². The van der Waals surface area contributed by atoms with Crippen molar-refractivity contribution in [1.82, 2.24) is 15.1 Å². The minimum absolute atomic E-state index is 0.0213. The van der Waals surface area contributed by atoms with Gasteiger partial charge in [-0.3, -0.25) is 9.48 Å². The van der Waals surface area contributed by atoms with E-state index in [0.717, 1.165) is 0 Å². The summed E-state index contributed by atoms with van der Waals surface area (Å²) in [5.41, 5.74) is 1.70. The highest BCUT2D eigenvalue weighted by atomic mass is 35.5. The third-order valence-electron chi connectivity index (χ3n) is 3.97. The second-order valence-electron chi connectivity index (χ2n) is 5.57. The summed E-state index contributed by atoms with van der Waals surface area (Å²) < 4.78 is 20.6. The van der Waals surface area contributed by atoms with Crippen LogP contribution in [0, 0.1) is 5.82 Å². The van der Waals surface area contributed by atoms with Crippen LogP contribution in [0.5, 0.6) is 0 Å². The zero-order chi connectivity index (χ0) is 18.0. The van der Waals surface area contributed by atoms with Gasteiger partial charge in [0.15, 0.2) is 0 Å². The van der Waals surface area contributed by atoms with Gasteiger partial charge in [-0.1, -0.05) is 23.4 Å². The van der Waals surface area contributed by atoms with Crippen LogP contribution in [0.25, 0.3) is 11.3 Å². The number of carbonyl (C=O) groups excluding carboxylic acids is 1. The average molecular weight is 382 g/mol. The first-order valence-electron chi connectivity index (χ1n) is 7.68. The Labute approximate surface area is 154 Å². The maximum atomic E-state index is 13.4. The lowest BCUT2D eigenvalue weighted by Gasteiger charge is -2.24. The topological polar surface area (TPSA) is 56.1 Å². The molecule has 25 heavy (non-hydrogen) atoms. The quantitative estimate of drug-likeness (QED) is 0.772. The third kappa shape index (κ3) is 3.82. The molecule has 3 rings (SSSR count). The Kier molecular flexibility index (Phi) is 5.34. The number of nitrogens with one attached hydrogen (secondary N) is 1. The first kappa shape index (κ1) is 17.8. The van der Waals surface area contributed by atoms with E-state index in [4.69, 9.17) is 16.3 Å². The van der Waals surface area contributed by atoms with Gasteiger partial charge in [-0.2, -0.15) is 5.10 Å². The van der Waals surface area contributed by atoms with Crippen LogP contribution in [0.4, 0.5) is 4.39 Å². The molecule has 1 aliphatic rings. The molecule has 0 fully saturated rings. The summed E-state index contributed by atoms with van der Waals surface area (Å²) in [5, 5.41) is 8.07. The van der Waals surface area contributed by atoms with Crippen LogP contribution in [0.15, 0.2) is 35.9 Å².